The second kappa shape index (κ2) is 5.36. The van der Waals surface area contributed by atoms with Gasteiger partial charge in [0.05, 0.1) is 22.4 Å². The van der Waals surface area contributed by atoms with Crippen molar-refractivity contribution in [3.8, 4) is 0 Å². The highest BCUT2D eigenvalue weighted by Gasteiger charge is 2.21. The number of aliphatic hydroxyl groups is 1. The van der Waals surface area contributed by atoms with E-state index in [-0.39, 0.29) is 4.90 Å². The third kappa shape index (κ3) is 2.99. The number of anilines is 2. The van der Waals surface area contributed by atoms with Crippen molar-refractivity contribution in [2.45, 2.75) is 23.8 Å². The Bertz CT molecular complexity index is 559. The van der Waals surface area contributed by atoms with E-state index in [0.29, 0.717) is 17.9 Å². The minimum absolute atomic E-state index is 0.180. The zero-order valence-electron chi connectivity index (χ0n) is 10.8. The van der Waals surface area contributed by atoms with Gasteiger partial charge in [-0.2, -0.15) is 0 Å². The van der Waals surface area contributed by atoms with Crippen LogP contribution in [0.2, 0.25) is 0 Å². The number of rotatable bonds is 3. The molecule has 2 rings (SSSR count). The number of hydrogen-bond donors (Lipinski definition) is 3. The van der Waals surface area contributed by atoms with Gasteiger partial charge in [-0.3, -0.25) is 0 Å². The lowest BCUT2D eigenvalue weighted by atomic mass is 10.1. The predicted octanol–water partition coefficient (Wildman–Crippen LogP) is 0.138. The van der Waals surface area contributed by atoms with Gasteiger partial charge in [0, 0.05) is 13.1 Å². The number of β-amino-alcohol motifs (C(OH)–C–C–N with tert-alkyl or cyclic N) is 1. The molecule has 1 atom stereocenters. The number of nitrogens with one attached hydrogen (secondary N) is 1. The molecule has 0 amide bonds. The molecular formula is C12H19N3O3S. The summed E-state index contributed by atoms with van der Waals surface area (Å²) in [5.74, 6) is 0. The average molecular weight is 285 g/mol. The first-order chi connectivity index (χ1) is 8.94. The predicted molar refractivity (Wildman–Crippen MR) is 74.6 cm³/mol. The van der Waals surface area contributed by atoms with Crippen molar-refractivity contribution in [1.29, 1.82) is 0 Å². The van der Waals surface area contributed by atoms with E-state index < -0.39 is 16.1 Å². The van der Waals surface area contributed by atoms with Crippen LogP contribution in [0.5, 0.6) is 0 Å². The van der Waals surface area contributed by atoms with Crippen molar-refractivity contribution >= 4 is 21.4 Å². The smallest absolute Gasteiger partial charge is 0.240 e. The highest BCUT2D eigenvalue weighted by molar-refractivity contribution is 7.89. The molecule has 106 valence electrons. The molecule has 1 unspecified atom stereocenters. The summed E-state index contributed by atoms with van der Waals surface area (Å²) in [6.07, 6.45) is 1.24. The van der Waals surface area contributed by atoms with E-state index >= 15 is 0 Å². The topological polar surface area (TPSA) is 95.7 Å². The molecule has 1 aliphatic heterocycles. The molecule has 0 aliphatic carbocycles. The van der Waals surface area contributed by atoms with Crippen molar-refractivity contribution in [3.05, 3.63) is 18.2 Å². The lowest BCUT2D eigenvalue weighted by molar-refractivity contribution is 0.154. The Labute approximate surface area is 113 Å². The molecule has 0 radical (unpaired) electrons. The molecular weight excluding hydrogens is 266 g/mol. The number of aliphatic hydroxyl groups excluding tert-OH is 1. The highest BCUT2D eigenvalue weighted by Crippen LogP contribution is 2.29. The lowest BCUT2D eigenvalue weighted by Crippen LogP contribution is -2.38. The summed E-state index contributed by atoms with van der Waals surface area (Å²) in [6.45, 7) is 1.25. The first-order valence-electron chi connectivity index (χ1n) is 6.20. The van der Waals surface area contributed by atoms with Crippen molar-refractivity contribution in [2.75, 3.05) is 30.8 Å². The van der Waals surface area contributed by atoms with Gasteiger partial charge in [-0.25, -0.2) is 13.1 Å². The van der Waals surface area contributed by atoms with Crippen LogP contribution in [0, 0.1) is 0 Å². The van der Waals surface area contributed by atoms with Crippen LogP contribution in [0.25, 0.3) is 0 Å². The fourth-order valence-corrected chi connectivity index (χ4v) is 3.01. The molecule has 0 saturated carbocycles. The standard InChI is InChI=1S/C12H19N3O3S/c1-14-19(17,18)10-4-5-11(13)12(7-10)15-6-2-3-9(16)8-15/h4-5,7,9,14,16H,2-3,6,8,13H2,1H3. The number of hydrogen-bond acceptors (Lipinski definition) is 5. The molecule has 1 saturated heterocycles. The van der Waals surface area contributed by atoms with Crippen LogP contribution in [0.15, 0.2) is 23.1 Å². The number of sulfonamides is 1. The molecule has 1 fully saturated rings. The van der Waals surface area contributed by atoms with Crippen LogP contribution < -0.4 is 15.4 Å². The molecule has 4 N–H and O–H groups in total. The van der Waals surface area contributed by atoms with Crippen LogP contribution in [0.1, 0.15) is 12.8 Å². The lowest BCUT2D eigenvalue weighted by Gasteiger charge is -2.33. The molecule has 0 spiro atoms. The molecule has 7 heteroatoms. The van der Waals surface area contributed by atoms with Gasteiger partial charge < -0.3 is 15.7 Å². The third-order valence-electron chi connectivity index (χ3n) is 3.32. The number of nitrogens with zero attached hydrogens (tertiary/aromatic N) is 1. The van der Waals surface area contributed by atoms with Crippen molar-refractivity contribution in [2.24, 2.45) is 0 Å². The van der Waals surface area contributed by atoms with Crippen LogP contribution >= 0.6 is 0 Å². The zero-order chi connectivity index (χ0) is 14.0. The Kier molecular flexibility index (Phi) is 3.98. The van der Waals surface area contributed by atoms with Gasteiger partial charge in [0.1, 0.15) is 0 Å². The van der Waals surface area contributed by atoms with Crippen molar-refractivity contribution in [1.82, 2.24) is 4.72 Å². The zero-order valence-corrected chi connectivity index (χ0v) is 11.7. The second-order valence-electron chi connectivity index (χ2n) is 4.67. The monoisotopic (exact) mass is 285 g/mol. The quantitative estimate of drug-likeness (QED) is 0.687. The minimum atomic E-state index is -3.48. The Hall–Kier alpha value is -1.31. The maximum absolute atomic E-state index is 11.8. The van der Waals surface area contributed by atoms with Crippen molar-refractivity contribution in [3.63, 3.8) is 0 Å². The number of piperidine rings is 1. The van der Waals surface area contributed by atoms with Gasteiger partial charge in [-0.15, -0.1) is 0 Å². The molecule has 0 aromatic heterocycles. The normalized spacial score (nSPS) is 20.5. The molecule has 0 bridgehead atoms. The van der Waals surface area contributed by atoms with Gasteiger partial charge in [0.15, 0.2) is 0 Å². The molecule has 1 aromatic rings. The second-order valence-corrected chi connectivity index (χ2v) is 6.56. The largest absolute Gasteiger partial charge is 0.397 e. The summed E-state index contributed by atoms with van der Waals surface area (Å²) >= 11 is 0. The van der Waals surface area contributed by atoms with Gasteiger partial charge >= 0.3 is 0 Å². The summed E-state index contributed by atoms with van der Waals surface area (Å²) < 4.78 is 25.9. The van der Waals surface area contributed by atoms with Crippen LogP contribution in [0.4, 0.5) is 11.4 Å². The first-order valence-corrected chi connectivity index (χ1v) is 7.68. The number of nitrogens with two attached hydrogens (primary N) is 1. The third-order valence-corrected chi connectivity index (χ3v) is 4.73. The Morgan fingerprint density at radius 3 is 2.84 bits per heavy atom. The van der Waals surface area contributed by atoms with Crippen LogP contribution in [-0.2, 0) is 10.0 Å². The summed E-state index contributed by atoms with van der Waals surface area (Å²) in [6, 6.07) is 4.62. The first kappa shape index (κ1) is 14.1. The fourth-order valence-electron chi connectivity index (χ4n) is 2.26. The SMILES string of the molecule is CNS(=O)(=O)c1ccc(N)c(N2CCCC(O)C2)c1. The fraction of sp³-hybridized carbons (Fsp3) is 0.500. The van der Waals surface area contributed by atoms with Crippen LogP contribution in [0.3, 0.4) is 0 Å². The Balaban J connectivity index is 2.37. The summed E-state index contributed by atoms with van der Waals surface area (Å²) in [5.41, 5.74) is 7.09. The van der Waals surface area contributed by atoms with E-state index in [1.54, 1.807) is 12.1 Å². The van der Waals surface area contributed by atoms with E-state index in [1.807, 2.05) is 4.90 Å². The van der Waals surface area contributed by atoms with Crippen molar-refractivity contribution < 1.29 is 13.5 Å². The van der Waals surface area contributed by atoms with E-state index in [0.717, 1.165) is 19.4 Å². The molecule has 1 aliphatic rings. The molecule has 1 heterocycles. The van der Waals surface area contributed by atoms with E-state index in [4.69, 9.17) is 5.73 Å². The summed E-state index contributed by atoms with van der Waals surface area (Å²) in [5, 5.41) is 9.69. The van der Waals surface area contributed by atoms with E-state index in [9.17, 15) is 13.5 Å². The van der Waals surface area contributed by atoms with E-state index in [1.165, 1.54) is 13.1 Å². The van der Waals surface area contributed by atoms with E-state index in [2.05, 4.69) is 4.72 Å². The molecule has 19 heavy (non-hydrogen) atoms. The minimum Gasteiger partial charge on any atom is -0.397 e. The van der Waals surface area contributed by atoms with Gasteiger partial charge in [0.25, 0.3) is 0 Å². The molecule has 1 aromatic carbocycles. The number of nitrogen functional groups attached to an aromatic ring is 1. The van der Waals surface area contributed by atoms with Gasteiger partial charge in [-0.05, 0) is 38.1 Å². The molecule has 6 nitrogen and oxygen atoms in total. The number of benzene rings is 1. The highest BCUT2D eigenvalue weighted by atomic mass is 32.2. The van der Waals surface area contributed by atoms with Gasteiger partial charge in [0.2, 0.25) is 10.0 Å². The maximum atomic E-state index is 11.8. The van der Waals surface area contributed by atoms with Crippen LogP contribution in [-0.4, -0.2) is 39.8 Å². The average Bonchev–Trinajstić information content (AvgIpc) is 2.39. The summed E-state index contributed by atoms with van der Waals surface area (Å²) in [7, 11) is -2.11. The van der Waals surface area contributed by atoms with Gasteiger partial charge in [-0.1, -0.05) is 0 Å². The Morgan fingerprint density at radius 2 is 2.21 bits per heavy atom. The maximum Gasteiger partial charge on any atom is 0.240 e. The Morgan fingerprint density at radius 1 is 1.47 bits per heavy atom. The summed E-state index contributed by atoms with van der Waals surface area (Å²) in [4.78, 5) is 2.11.